The van der Waals surface area contributed by atoms with Crippen molar-refractivity contribution in [2.75, 3.05) is 6.61 Å². The van der Waals surface area contributed by atoms with Crippen LogP contribution in [-0.4, -0.2) is 32.1 Å². The first kappa shape index (κ1) is 18.0. The van der Waals surface area contributed by atoms with E-state index in [1.165, 1.54) is 12.1 Å². The summed E-state index contributed by atoms with van der Waals surface area (Å²) < 4.78 is 25.7. The minimum atomic E-state index is -2.24. The van der Waals surface area contributed by atoms with Crippen LogP contribution in [0.2, 0.25) is 18.1 Å². The van der Waals surface area contributed by atoms with E-state index in [1.54, 1.807) is 6.92 Å². The molecule has 0 amide bonds. The van der Waals surface area contributed by atoms with Gasteiger partial charge in [0, 0.05) is 11.5 Å². The lowest BCUT2D eigenvalue weighted by Gasteiger charge is -2.36. The van der Waals surface area contributed by atoms with Crippen molar-refractivity contribution < 1.29 is 23.6 Å². The molecule has 0 heterocycles. The molecule has 118 valence electrons. The Morgan fingerprint density at radius 2 is 1.81 bits per heavy atom. The molecule has 0 aliphatic heterocycles. The number of hydrogen-bond donors (Lipinski definition) is 2. The Kier molecular flexibility index (Phi) is 5.47. The Morgan fingerprint density at radius 1 is 1.24 bits per heavy atom. The van der Waals surface area contributed by atoms with E-state index in [1.807, 2.05) is 33.9 Å². The summed E-state index contributed by atoms with van der Waals surface area (Å²) in [6, 6.07) is 2.74. The zero-order valence-corrected chi connectivity index (χ0v) is 14.5. The van der Waals surface area contributed by atoms with Crippen molar-refractivity contribution in [2.24, 2.45) is 0 Å². The average molecular weight is 314 g/mol. The monoisotopic (exact) mass is 314 g/mol. The van der Waals surface area contributed by atoms with E-state index < -0.39 is 21.3 Å². The van der Waals surface area contributed by atoms with Gasteiger partial charge in [0.1, 0.15) is 11.5 Å². The first-order chi connectivity index (χ1) is 9.49. The smallest absolute Gasteiger partial charge is 0.491 e. The molecule has 0 radical (unpaired) electrons. The van der Waals surface area contributed by atoms with Crippen molar-refractivity contribution in [1.82, 2.24) is 0 Å². The van der Waals surface area contributed by atoms with Crippen molar-refractivity contribution in [3.05, 3.63) is 17.9 Å². The van der Waals surface area contributed by atoms with Crippen LogP contribution in [0.1, 0.15) is 27.7 Å². The van der Waals surface area contributed by atoms with Gasteiger partial charge in [0.15, 0.2) is 5.82 Å². The fourth-order valence-electron chi connectivity index (χ4n) is 1.53. The third kappa shape index (κ3) is 4.21. The third-order valence-corrected chi connectivity index (χ3v) is 8.14. The van der Waals surface area contributed by atoms with Gasteiger partial charge in [-0.2, -0.15) is 0 Å². The summed E-state index contributed by atoms with van der Waals surface area (Å²) >= 11 is 0. The summed E-state index contributed by atoms with van der Waals surface area (Å²) in [5, 5.41) is 18.5. The van der Waals surface area contributed by atoms with Gasteiger partial charge in [-0.3, -0.25) is 0 Å². The predicted octanol–water partition coefficient (Wildman–Crippen LogP) is 2.29. The molecule has 0 fully saturated rings. The van der Waals surface area contributed by atoms with Crippen LogP contribution < -0.4 is 14.6 Å². The molecule has 0 unspecified atom stereocenters. The predicted molar refractivity (Wildman–Crippen MR) is 85.2 cm³/mol. The van der Waals surface area contributed by atoms with Gasteiger partial charge in [-0.25, -0.2) is 4.39 Å². The fraction of sp³-hybridized carbons (Fsp3) is 0.571. The largest absolute Gasteiger partial charge is 0.541 e. The van der Waals surface area contributed by atoms with E-state index in [-0.39, 0.29) is 16.3 Å². The van der Waals surface area contributed by atoms with Gasteiger partial charge in [-0.1, -0.05) is 20.8 Å². The summed E-state index contributed by atoms with van der Waals surface area (Å²) in [6.45, 7) is 12.3. The Hall–Kier alpha value is -1.05. The quantitative estimate of drug-likeness (QED) is 0.819. The molecule has 4 nitrogen and oxygen atoms in total. The number of halogens is 1. The Labute approximate surface area is 127 Å². The lowest BCUT2D eigenvalue weighted by atomic mass is 9.79. The van der Waals surface area contributed by atoms with E-state index in [2.05, 4.69) is 0 Å². The minimum absolute atomic E-state index is 0.00985. The lowest BCUT2D eigenvalue weighted by molar-refractivity contribution is 0.337. The summed E-state index contributed by atoms with van der Waals surface area (Å²) in [6.07, 6.45) is 0. The molecule has 1 aromatic carbocycles. The van der Waals surface area contributed by atoms with E-state index in [0.717, 1.165) is 0 Å². The second-order valence-corrected chi connectivity index (χ2v) is 11.2. The number of hydrogen-bond acceptors (Lipinski definition) is 4. The molecule has 2 N–H and O–H groups in total. The van der Waals surface area contributed by atoms with Crippen molar-refractivity contribution in [1.29, 1.82) is 0 Å². The molecule has 1 aromatic rings. The topological polar surface area (TPSA) is 58.9 Å². The number of benzene rings is 1. The van der Waals surface area contributed by atoms with Crippen LogP contribution in [0.15, 0.2) is 12.1 Å². The van der Waals surface area contributed by atoms with Crippen molar-refractivity contribution in [2.45, 2.75) is 45.8 Å². The van der Waals surface area contributed by atoms with Gasteiger partial charge in [0.05, 0.1) is 6.61 Å². The Morgan fingerprint density at radius 3 is 2.24 bits per heavy atom. The molecule has 0 saturated heterocycles. The molecule has 0 atom stereocenters. The van der Waals surface area contributed by atoms with Crippen LogP contribution in [0, 0.1) is 5.82 Å². The van der Waals surface area contributed by atoms with Crippen LogP contribution in [0.5, 0.6) is 11.5 Å². The summed E-state index contributed by atoms with van der Waals surface area (Å²) in [4.78, 5) is 0. The van der Waals surface area contributed by atoms with Crippen LogP contribution in [-0.2, 0) is 0 Å². The second kappa shape index (κ2) is 6.38. The van der Waals surface area contributed by atoms with Crippen LogP contribution >= 0.6 is 0 Å². The normalized spacial score (nSPS) is 12.2. The molecule has 0 spiro atoms. The van der Waals surface area contributed by atoms with Gasteiger partial charge in [0.2, 0.25) is 0 Å². The standard InChI is InChI=1S/C14H24BFO4Si/c1-7-19-10-8-11(15(17)18)13(16)12(9-10)20-21(5,6)14(2,3)4/h8-9,17-18H,7H2,1-6H3. The van der Waals surface area contributed by atoms with Gasteiger partial charge < -0.3 is 19.2 Å². The van der Waals surface area contributed by atoms with Crippen LogP contribution in [0.25, 0.3) is 0 Å². The van der Waals surface area contributed by atoms with Gasteiger partial charge in [-0.15, -0.1) is 0 Å². The zero-order chi connectivity index (χ0) is 16.4. The second-order valence-electron chi connectivity index (χ2n) is 6.49. The molecule has 1 rings (SSSR count). The van der Waals surface area contributed by atoms with E-state index in [4.69, 9.17) is 9.16 Å². The zero-order valence-electron chi connectivity index (χ0n) is 13.5. The summed E-state index contributed by atoms with van der Waals surface area (Å²) in [5.74, 6) is -0.385. The van der Waals surface area contributed by atoms with Crippen LogP contribution in [0.4, 0.5) is 4.39 Å². The molecule has 0 aliphatic carbocycles. The fourth-order valence-corrected chi connectivity index (χ4v) is 2.54. The van der Waals surface area contributed by atoms with E-state index in [0.29, 0.717) is 12.4 Å². The molecular weight excluding hydrogens is 290 g/mol. The maximum Gasteiger partial charge on any atom is 0.491 e. The molecule has 0 bridgehead atoms. The highest BCUT2D eigenvalue weighted by Crippen LogP contribution is 2.38. The minimum Gasteiger partial charge on any atom is -0.541 e. The third-order valence-electron chi connectivity index (χ3n) is 3.80. The molecular formula is C14H24BFO4Si. The van der Waals surface area contributed by atoms with Crippen molar-refractivity contribution in [3.63, 3.8) is 0 Å². The van der Waals surface area contributed by atoms with Gasteiger partial charge >= 0.3 is 7.12 Å². The highest BCUT2D eigenvalue weighted by molar-refractivity contribution is 6.74. The van der Waals surface area contributed by atoms with Crippen LogP contribution in [0.3, 0.4) is 0 Å². The number of ether oxygens (including phenoxy) is 1. The Bertz CT molecular complexity index is 500. The maximum absolute atomic E-state index is 14.4. The first-order valence-electron chi connectivity index (χ1n) is 7.01. The molecule has 0 aromatic heterocycles. The van der Waals surface area contributed by atoms with Gasteiger partial charge in [0.25, 0.3) is 8.32 Å². The molecule has 0 aliphatic rings. The maximum atomic E-state index is 14.4. The first-order valence-corrected chi connectivity index (χ1v) is 9.92. The Balaban J connectivity index is 3.28. The lowest BCUT2D eigenvalue weighted by Crippen LogP contribution is -2.44. The van der Waals surface area contributed by atoms with E-state index >= 15 is 0 Å². The summed E-state index contributed by atoms with van der Waals surface area (Å²) in [7, 11) is -4.15. The molecule has 7 heteroatoms. The SMILES string of the molecule is CCOc1cc(O[Si](C)(C)C(C)(C)C)c(F)c(B(O)O)c1. The van der Waals surface area contributed by atoms with Gasteiger partial charge in [-0.05, 0) is 31.1 Å². The van der Waals surface area contributed by atoms with Crippen molar-refractivity contribution >= 4 is 20.9 Å². The average Bonchev–Trinajstić information content (AvgIpc) is 2.31. The van der Waals surface area contributed by atoms with E-state index in [9.17, 15) is 14.4 Å². The molecule has 0 saturated carbocycles. The summed E-state index contributed by atoms with van der Waals surface area (Å²) in [5.41, 5.74) is -0.241. The number of rotatable bonds is 5. The highest BCUT2D eigenvalue weighted by atomic mass is 28.4. The van der Waals surface area contributed by atoms with Crippen molar-refractivity contribution in [3.8, 4) is 11.5 Å². The highest BCUT2D eigenvalue weighted by Gasteiger charge is 2.40. The molecule has 21 heavy (non-hydrogen) atoms.